The Bertz CT molecular complexity index is 914. The van der Waals surface area contributed by atoms with Crippen LogP contribution in [0.5, 0.6) is 0 Å². The number of nitrogens with zero attached hydrogens (tertiary/aromatic N) is 2. The van der Waals surface area contributed by atoms with Crippen molar-refractivity contribution in [2.45, 2.75) is 11.3 Å². The third kappa shape index (κ3) is 2.26. The molecule has 2 heterocycles. The number of thiazole rings is 1. The molecule has 1 aromatic heterocycles. The van der Waals surface area contributed by atoms with Gasteiger partial charge in [-0.3, -0.25) is 9.59 Å². The van der Waals surface area contributed by atoms with Crippen LogP contribution in [0.4, 0.5) is 5.69 Å². The first kappa shape index (κ1) is 14.4. The van der Waals surface area contributed by atoms with Gasteiger partial charge in [0.15, 0.2) is 4.34 Å². The lowest BCUT2D eigenvalue weighted by Gasteiger charge is -2.13. The van der Waals surface area contributed by atoms with E-state index in [0.717, 1.165) is 20.3 Å². The predicted molar refractivity (Wildman–Crippen MR) is 93.6 cm³/mol. The molecule has 0 unspecified atom stereocenters. The monoisotopic (exact) mass is 340 g/mol. The number of amides is 2. The van der Waals surface area contributed by atoms with Gasteiger partial charge in [0, 0.05) is 0 Å². The Kier molecular flexibility index (Phi) is 3.43. The zero-order valence-corrected chi connectivity index (χ0v) is 13.9. The van der Waals surface area contributed by atoms with Crippen molar-refractivity contribution in [2.24, 2.45) is 0 Å². The molecule has 3 aromatic rings. The molecule has 0 radical (unpaired) electrons. The first-order chi connectivity index (χ1) is 11.2. The van der Waals surface area contributed by atoms with Crippen molar-refractivity contribution < 1.29 is 9.59 Å². The molecule has 0 spiro atoms. The summed E-state index contributed by atoms with van der Waals surface area (Å²) < 4.78 is 1.98. The second-order valence-electron chi connectivity index (χ2n) is 5.06. The summed E-state index contributed by atoms with van der Waals surface area (Å²) in [4.78, 5) is 30.9. The van der Waals surface area contributed by atoms with Crippen LogP contribution in [-0.4, -0.2) is 22.6 Å². The number of thioether (sulfide) groups is 1. The maximum atomic E-state index is 12.5. The van der Waals surface area contributed by atoms with Gasteiger partial charge in [-0.1, -0.05) is 30.8 Å². The van der Waals surface area contributed by atoms with E-state index in [2.05, 4.69) is 11.9 Å². The Morgan fingerprint density at radius 2 is 1.78 bits per heavy atom. The van der Waals surface area contributed by atoms with Crippen molar-refractivity contribution in [2.75, 3.05) is 10.7 Å². The number of aromatic nitrogens is 1. The summed E-state index contributed by atoms with van der Waals surface area (Å²) in [6.07, 6.45) is 0. The number of carbonyl (C=O) groups excluding carboxylic acids is 2. The van der Waals surface area contributed by atoms with Gasteiger partial charge in [-0.25, -0.2) is 9.88 Å². The van der Waals surface area contributed by atoms with Crippen molar-refractivity contribution in [3.63, 3.8) is 0 Å². The average molecular weight is 340 g/mol. The Morgan fingerprint density at radius 1 is 1.09 bits per heavy atom. The van der Waals surface area contributed by atoms with E-state index in [1.807, 2.05) is 12.1 Å². The molecule has 0 N–H and O–H groups in total. The minimum atomic E-state index is -0.266. The van der Waals surface area contributed by atoms with Crippen molar-refractivity contribution in [1.82, 2.24) is 4.98 Å². The van der Waals surface area contributed by atoms with E-state index >= 15 is 0 Å². The number of carbonyl (C=O) groups is 2. The van der Waals surface area contributed by atoms with Gasteiger partial charge < -0.3 is 0 Å². The third-order valence-corrected chi connectivity index (χ3v) is 5.72. The van der Waals surface area contributed by atoms with Gasteiger partial charge in [-0.2, -0.15) is 0 Å². The first-order valence-electron chi connectivity index (χ1n) is 7.20. The van der Waals surface area contributed by atoms with Crippen molar-refractivity contribution >= 4 is 50.8 Å². The van der Waals surface area contributed by atoms with Crippen LogP contribution in [0, 0.1) is 0 Å². The molecule has 2 amide bonds. The minimum Gasteiger partial charge on any atom is -0.268 e. The predicted octanol–water partition coefficient (Wildman–Crippen LogP) is 4.21. The molecular formula is C17H12N2O2S2. The number of hydrogen-bond acceptors (Lipinski definition) is 5. The van der Waals surface area contributed by atoms with E-state index < -0.39 is 0 Å². The van der Waals surface area contributed by atoms with Gasteiger partial charge in [0.05, 0.1) is 27.0 Å². The average Bonchev–Trinajstić information content (AvgIpc) is 3.07. The van der Waals surface area contributed by atoms with E-state index in [-0.39, 0.29) is 11.8 Å². The van der Waals surface area contributed by atoms with E-state index in [1.54, 1.807) is 53.4 Å². The van der Waals surface area contributed by atoms with Crippen LogP contribution in [0.25, 0.3) is 10.2 Å². The molecular weight excluding hydrogens is 328 g/mol. The van der Waals surface area contributed by atoms with Crippen LogP contribution in [0.3, 0.4) is 0 Å². The fourth-order valence-corrected chi connectivity index (χ4v) is 4.64. The molecule has 23 heavy (non-hydrogen) atoms. The van der Waals surface area contributed by atoms with Crippen molar-refractivity contribution in [1.29, 1.82) is 0 Å². The number of benzene rings is 2. The molecule has 4 rings (SSSR count). The quantitative estimate of drug-likeness (QED) is 0.529. The highest BCUT2D eigenvalue weighted by atomic mass is 32.2. The molecule has 0 saturated heterocycles. The minimum absolute atomic E-state index is 0.266. The highest BCUT2D eigenvalue weighted by Gasteiger charge is 2.36. The lowest BCUT2D eigenvalue weighted by molar-refractivity contribution is 0.0926. The third-order valence-electron chi connectivity index (χ3n) is 3.67. The number of anilines is 1. The van der Waals surface area contributed by atoms with Gasteiger partial charge in [0.1, 0.15) is 0 Å². The maximum Gasteiger partial charge on any atom is 0.266 e. The Labute approximate surface area is 141 Å². The van der Waals surface area contributed by atoms with Crippen molar-refractivity contribution in [3.8, 4) is 0 Å². The Balaban J connectivity index is 1.78. The van der Waals surface area contributed by atoms with Gasteiger partial charge in [-0.05, 0) is 36.1 Å². The van der Waals surface area contributed by atoms with Crippen LogP contribution in [0.15, 0.2) is 46.8 Å². The Morgan fingerprint density at radius 3 is 2.43 bits per heavy atom. The van der Waals surface area contributed by atoms with E-state index in [4.69, 9.17) is 0 Å². The molecule has 0 saturated carbocycles. The van der Waals surface area contributed by atoms with Crippen LogP contribution in [0.2, 0.25) is 0 Å². The molecule has 0 bridgehead atoms. The summed E-state index contributed by atoms with van der Waals surface area (Å²) in [7, 11) is 0. The lowest BCUT2D eigenvalue weighted by Crippen LogP contribution is -2.29. The van der Waals surface area contributed by atoms with Crippen LogP contribution < -0.4 is 4.90 Å². The normalized spacial score (nSPS) is 13.9. The molecule has 1 aliphatic heterocycles. The first-order valence-corrected chi connectivity index (χ1v) is 9.00. The fourth-order valence-electron chi connectivity index (χ4n) is 2.64. The Hall–Kier alpha value is -2.18. The summed E-state index contributed by atoms with van der Waals surface area (Å²) in [6.45, 7) is 2.08. The van der Waals surface area contributed by atoms with Gasteiger partial charge in [-0.15, -0.1) is 11.3 Å². The maximum absolute atomic E-state index is 12.5. The molecule has 6 heteroatoms. The number of imide groups is 1. The highest BCUT2D eigenvalue weighted by molar-refractivity contribution is 8.01. The fraction of sp³-hybridized carbons (Fsp3) is 0.118. The number of fused-ring (bicyclic) bond motifs is 2. The highest BCUT2D eigenvalue weighted by Crippen LogP contribution is 2.34. The molecule has 4 nitrogen and oxygen atoms in total. The second kappa shape index (κ2) is 5.47. The second-order valence-corrected chi connectivity index (χ2v) is 7.60. The molecule has 2 aromatic carbocycles. The van der Waals surface area contributed by atoms with E-state index in [0.29, 0.717) is 16.8 Å². The molecule has 0 atom stereocenters. The zero-order chi connectivity index (χ0) is 16.0. The summed E-state index contributed by atoms with van der Waals surface area (Å²) in [5.74, 6) is 0.431. The SMILES string of the molecule is CCSc1nc2ccc(N3C(=O)c4ccccc4C3=O)cc2s1. The smallest absolute Gasteiger partial charge is 0.266 e. The van der Waals surface area contributed by atoms with E-state index in [1.165, 1.54) is 4.90 Å². The van der Waals surface area contributed by atoms with Crippen LogP contribution in [-0.2, 0) is 0 Å². The summed E-state index contributed by atoms with van der Waals surface area (Å²) >= 11 is 3.27. The summed E-state index contributed by atoms with van der Waals surface area (Å²) in [5.41, 5.74) is 2.42. The lowest BCUT2D eigenvalue weighted by atomic mass is 10.1. The summed E-state index contributed by atoms with van der Waals surface area (Å²) in [5, 5.41) is 0. The van der Waals surface area contributed by atoms with Gasteiger partial charge in [0.25, 0.3) is 11.8 Å². The zero-order valence-electron chi connectivity index (χ0n) is 12.3. The standard InChI is InChI=1S/C17H12N2O2S2/c1-2-22-17-18-13-8-7-10(9-14(13)23-17)19-15(20)11-5-3-4-6-12(11)16(19)21/h3-9H,2H2,1H3. The van der Waals surface area contributed by atoms with Gasteiger partial charge in [0.2, 0.25) is 0 Å². The van der Waals surface area contributed by atoms with Crippen LogP contribution >= 0.6 is 23.1 Å². The topological polar surface area (TPSA) is 50.3 Å². The summed E-state index contributed by atoms with van der Waals surface area (Å²) in [6, 6.07) is 12.4. The molecule has 0 aliphatic carbocycles. The molecule has 114 valence electrons. The molecule has 1 aliphatic rings. The molecule has 0 fully saturated rings. The number of hydrogen-bond donors (Lipinski definition) is 0. The van der Waals surface area contributed by atoms with Crippen molar-refractivity contribution in [3.05, 3.63) is 53.6 Å². The van der Waals surface area contributed by atoms with Gasteiger partial charge >= 0.3 is 0 Å². The largest absolute Gasteiger partial charge is 0.268 e. The van der Waals surface area contributed by atoms with E-state index in [9.17, 15) is 9.59 Å². The van der Waals surface area contributed by atoms with Crippen LogP contribution in [0.1, 0.15) is 27.6 Å². The number of rotatable bonds is 3.